The Labute approximate surface area is 135 Å². The summed E-state index contributed by atoms with van der Waals surface area (Å²) in [5.41, 5.74) is 8.53. The molecule has 0 amide bonds. The zero-order valence-electron chi connectivity index (χ0n) is 12.6. The molecule has 112 valence electrons. The molecular weight excluding hydrogens is 326 g/mol. The number of benzene rings is 2. The van der Waals surface area contributed by atoms with Gasteiger partial charge in [-0.15, -0.1) is 0 Å². The van der Waals surface area contributed by atoms with Crippen LogP contribution in [0.25, 0.3) is 0 Å². The molecule has 3 heteroatoms. The smallest absolute Gasteiger partial charge is 0.134 e. The third-order valence-corrected chi connectivity index (χ3v) is 4.00. The van der Waals surface area contributed by atoms with Crippen molar-refractivity contribution in [2.45, 2.75) is 32.9 Å². The van der Waals surface area contributed by atoms with Gasteiger partial charge in [-0.3, -0.25) is 0 Å². The molecule has 0 saturated carbocycles. The maximum absolute atomic E-state index is 6.25. The van der Waals surface area contributed by atoms with Crippen molar-refractivity contribution in [3.63, 3.8) is 0 Å². The van der Waals surface area contributed by atoms with Gasteiger partial charge in [-0.25, -0.2) is 0 Å². The van der Waals surface area contributed by atoms with Crippen molar-refractivity contribution in [1.29, 1.82) is 0 Å². The normalized spacial score (nSPS) is 12.4. The number of nitrogens with two attached hydrogens (primary N) is 1. The Hall–Kier alpha value is -1.32. The lowest BCUT2D eigenvalue weighted by molar-refractivity contribution is 0.303. The predicted octanol–water partition coefficient (Wildman–Crippen LogP) is 5.07. The van der Waals surface area contributed by atoms with Crippen LogP contribution in [-0.4, -0.2) is 0 Å². The molecule has 0 saturated heterocycles. The zero-order chi connectivity index (χ0) is 15.2. The van der Waals surface area contributed by atoms with Gasteiger partial charge in [0.05, 0.1) is 4.47 Å². The quantitative estimate of drug-likeness (QED) is 0.791. The third-order valence-electron chi connectivity index (χ3n) is 3.35. The Balaban J connectivity index is 2.08. The lowest BCUT2D eigenvalue weighted by Crippen LogP contribution is -2.13. The molecule has 0 aliphatic rings. The summed E-state index contributed by atoms with van der Waals surface area (Å²) in [5, 5.41) is 0. The van der Waals surface area contributed by atoms with E-state index < -0.39 is 0 Å². The molecule has 1 unspecified atom stereocenters. The molecule has 0 aliphatic heterocycles. The highest BCUT2D eigenvalue weighted by Crippen LogP contribution is 2.30. The van der Waals surface area contributed by atoms with E-state index >= 15 is 0 Å². The summed E-state index contributed by atoms with van der Waals surface area (Å²) in [6.45, 7) is 4.93. The monoisotopic (exact) mass is 347 g/mol. The minimum absolute atomic E-state index is 0.0529. The molecule has 1 atom stereocenters. The van der Waals surface area contributed by atoms with Gasteiger partial charge in [0.2, 0.25) is 0 Å². The second-order valence-electron chi connectivity index (χ2n) is 5.70. The average Bonchev–Trinajstić information content (AvgIpc) is 2.46. The van der Waals surface area contributed by atoms with Crippen LogP contribution in [0, 0.1) is 5.92 Å². The minimum atomic E-state index is 0.0529. The highest BCUT2D eigenvalue weighted by atomic mass is 79.9. The second kappa shape index (κ2) is 7.62. The Morgan fingerprint density at radius 3 is 2.48 bits per heavy atom. The largest absolute Gasteiger partial charge is 0.488 e. The Morgan fingerprint density at radius 2 is 1.81 bits per heavy atom. The van der Waals surface area contributed by atoms with Gasteiger partial charge in [0.25, 0.3) is 0 Å². The number of halogens is 1. The van der Waals surface area contributed by atoms with Crippen LogP contribution in [0.3, 0.4) is 0 Å². The number of hydrogen-bond donors (Lipinski definition) is 1. The first-order chi connectivity index (χ1) is 10.1. The van der Waals surface area contributed by atoms with Gasteiger partial charge < -0.3 is 10.5 Å². The number of rotatable bonds is 6. The first-order valence-corrected chi connectivity index (χ1v) is 8.07. The van der Waals surface area contributed by atoms with Crippen molar-refractivity contribution in [3.8, 4) is 5.75 Å². The van der Waals surface area contributed by atoms with E-state index in [1.54, 1.807) is 0 Å². The zero-order valence-corrected chi connectivity index (χ0v) is 14.1. The number of ether oxygens (including phenoxy) is 1. The molecule has 2 aromatic rings. The standard InChI is InChI=1S/C18H22BrNO/c1-13(2)10-17(20)15-8-9-16(19)18(11-15)21-12-14-6-4-3-5-7-14/h3-9,11,13,17H,10,12,20H2,1-2H3. The first kappa shape index (κ1) is 16.1. The summed E-state index contributed by atoms with van der Waals surface area (Å²) >= 11 is 3.54. The molecule has 0 bridgehead atoms. The molecule has 2 N–H and O–H groups in total. The fourth-order valence-electron chi connectivity index (χ4n) is 2.24. The van der Waals surface area contributed by atoms with Crippen LogP contribution in [-0.2, 0) is 6.61 Å². The highest BCUT2D eigenvalue weighted by molar-refractivity contribution is 9.10. The van der Waals surface area contributed by atoms with Gasteiger partial charge in [0, 0.05) is 6.04 Å². The summed E-state index contributed by atoms with van der Waals surface area (Å²) < 4.78 is 6.87. The molecular formula is C18H22BrNO. The molecule has 0 heterocycles. The van der Waals surface area contributed by atoms with E-state index in [1.807, 2.05) is 30.3 Å². The average molecular weight is 348 g/mol. The lowest BCUT2D eigenvalue weighted by atomic mass is 9.98. The van der Waals surface area contributed by atoms with Crippen LogP contribution in [0.1, 0.15) is 37.4 Å². The van der Waals surface area contributed by atoms with E-state index in [0.29, 0.717) is 12.5 Å². The highest BCUT2D eigenvalue weighted by Gasteiger charge is 2.11. The van der Waals surface area contributed by atoms with E-state index in [2.05, 4.69) is 48.0 Å². The third kappa shape index (κ3) is 4.87. The fourth-order valence-corrected chi connectivity index (χ4v) is 2.60. The molecule has 2 rings (SSSR count). The molecule has 0 spiro atoms. The summed E-state index contributed by atoms with van der Waals surface area (Å²) in [6, 6.07) is 16.3. The van der Waals surface area contributed by atoms with Gasteiger partial charge in [-0.05, 0) is 51.5 Å². The van der Waals surface area contributed by atoms with Crippen LogP contribution in [0.4, 0.5) is 0 Å². The van der Waals surface area contributed by atoms with Crippen molar-refractivity contribution >= 4 is 15.9 Å². The molecule has 21 heavy (non-hydrogen) atoms. The number of hydrogen-bond acceptors (Lipinski definition) is 2. The maximum atomic E-state index is 6.25. The van der Waals surface area contributed by atoms with Gasteiger partial charge in [0.15, 0.2) is 0 Å². The van der Waals surface area contributed by atoms with Crippen molar-refractivity contribution in [2.24, 2.45) is 11.7 Å². The molecule has 2 nitrogen and oxygen atoms in total. The second-order valence-corrected chi connectivity index (χ2v) is 6.55. The summed E-state index contributed by atoms with van der Waals surface area (Å²) in [7, 11) is 0. The molecule has 0 aliphatic carbocycles. The van der Waals surface area contributed by atoms with E-state index in [9.17, 15) is 0 Å². The molecule has 0 fully saturated rings. The Bertz CT molecular complexity index is 569. The van der Waals surface area contributed by atoms with E-state index in [4.69, 9.17) is 10.5 Å². The van der Waals surface area contributed by atoms with Gasteiger partial charge >= 0.3 is 0 Å². The van der Waals surface area contributed by atoms with Crippen LogP contribution in [0.5, 0.6) is 5.75 Å². The topological polar surface area (TPSA) is 35.2 Å². The molecule has 0 radical (unpaired) electrons. The van der Waals surface area contributed by atoms with Gasteiger partial charge in [-0.1, -0.05) is 50.2 Å². The SMILES string of the molecule is CC(C)CC(N)c1ccc(Br)c(OCc2ccccc2)c1. The van der Waals surface area contributed by atoms with Crippen LogP contribution < -0.4 is 10.5 Å². The Kier molecular flexibility index (Phi) is 5.83. The van der Waals surface area contributed by atoms with Crippen molar-refractivity contribution < 1.29 is 4.74 Å². The van der Waals surface area contributed by atoms with E-state index in [0.717, 1.165) is 27.8 Å². The maximum Gasteiger partial charge on any atom is 0.134 e. The van der Waals surface area contributed by atoms with Gasteiger partial charge in [0.1, 0.15) is 12.4 Å². The Morgan fingerprint density at radius 1 is 1.10 bits per heavy atom. The predicted molar refractivity (Wildman–Crippen MR) is 91.3 cm³/mol. The van der Waals surface area contributed by atoms with Crippen molar-refractivity contribution in [2.75, 3.05) is 0 Å². The molecule has 0 aromatic heterocycles. The van der Waals surface area contributed by atoms with Gasteiger partial charge in [-0.2, -0.15) is 0 Å². The van der Waals surface area contributed by atoms with Crippen LogP contribution in [0.15, 0.2) is 53.0 Å². The first-order valence-electron chi connectivity index (χ1n) is 7.28. The van der Waals surface area contributed by atoms with E-state index in [1.165, 1.54) is 0 Å². The lowest BCUT2D eigenvalue weighted by Gasteiger charge is -2.16. The summed E-state index contributed by atoms with van der Waals surface area (Å²) in [5.74, 6) is 1.42. The van der Waals surface area contributed by atoms with Crippen molar-refractivity contribution in [3.05, 3.63) is 64.1 Å². The summed E-state index contributed by atoms with van der Waals surface area (Å²) in [4.78, 5) is 0. The van der Waals surface area contributed by atoms with Crippen LogP contribution in [0.2, 0.25) is 0 Å². The van der Waals surface area contributed by atoms with Crippen LogP contribution >= 0.6 is 15.9 Å². The summed E-state index contributed by atoms with van der Waals surface area (Å²) in [6.07, 6.45) is 0.972. The molecule has 2 aromatic carbocycles. The fraction of sp³-hybridized carbons (Fsp3) is 0.333. The minimum Gasteiger partial charge on any atom is -0.488 e. The van der Waals surface area contributed by atoms with Crippen molar-refractivity contribution in [1.82, 2.24) is 0 Å². The van der Waals surface area contributed by atoms with E-state index in [-0.39, 0.29) is 6.04 Å².